The lowest BCUT2D eigenvalue weighted by Gasteiger charge is -2.14. The minimum atomic E-state index is -0.0688. The lowest BCUT2D eigenvalue weighted by Crippen LogP contribution is -2.05. The highest BCUT2D eigenvalue weighted by Gasteiger charge is 2.13. The van der Waals surface area contributed by atoms with Crippen LogP contribution in [0.1, 0.15) is 57.6 Å². The Hall–Kier alpha value is -5.71. The minimum Gasteiger partial charge on any atom is -0.384 e. The summed E-state index contributed by atoms with van der Waals surface area (Å²) < 4.78 is 0. The summed E-state index contributed by atoms with van der Waals surface area (Å²) >= 11 is 8.96. The van der Waals surface area contributed by atoms with E-state index in [2.05, 4.69) is 55.8 Å². The Morgan fingerprint density at radius 3 is 1.64 bits per heavy atom. The Morgan fingerprint density at radius 2 is 1.13 bits per heavy atom. The molecule has 0 spiro atoms. The smallest absolute Gasteiger partial charge is 0.163 e. The summed E-state index contributed by atoms with van der Waals surface area (Å²) in [6.45, 7) is 10.5. The highest BCUT2D eigenvalue weighted by molar-refractivity contribution is 7.98. The number of nitrogens with two attached hydrogens (primary N) is 1. The Morgan fingerprint density at radius 1 is 0.618 bits per heavy atom. The standard InChI is InChI=1S/C19H20N6OS.C13H12ClN3O.C6H9N3S/c1-11-15(6-5-7-20-11)24-16-8-17(21-10-14(16)12(2)26)25-18-9-19(27-4)23-13(3)22-18;1-8-11(4-3-5-15-8)17-12-6-13(14)16-7-10(12)9(2)18;1-4-8-5(7)3-6(9-4)10-2/h5-10H,1-4H3,(H2,21,22,23,24,25);3-7H,1-2H3,(H,16,17);3H,1-2H3,(H2,7,8,9). The monoisotopic (exact) mass is 796 g/mol. The number of nitrogens with zero attached hydrogens (tertiary/aromatic N) is 8. The van der Waals surface area contributed by atoms with Crippen molar-refractivity contribution in [2.24, 2.45) is 0 Å². The molecule has 0 aliphatic carbocycles. The van der Waals surface area contributed by atoms with E-state index in [1.165, 1.54) is 20.0 Å². The average molecular weight is 797 g/mol. The lowest BCUT2D eigenvalue weighted by molar-refractivity contribution is 0.100. The highest BCUT2D eigenvalue weighted by atomic mass is 35.5. The number of rotatable bonds is 10. The van der Waals surface area contributed by atoms with Gasteiger partial charge >= 0.3 is 0 Å². The second-order valence-electron chi connectivity index (χ2n) is 11.7. The maximum atomic E-state index is 12.0. The topological polar surface area (TPSA) is 199 Å². The largest absolute Gasteiger partial charge is 0.384 e. The predicted octanol–water partition coefficient (Wildman–Crippen LogP) is 8.77. The number of anilines is 7. The molecule has 0 aliphatic heterocycles. The molecule has 6 aromatic heterocycles. The third-order valence-corrected chi connectivity index (χ3v) is 8.87. The first kappa shape index (κ1) is 42.0. The van der Waals surface area contributed by atoms with Gasteiger partial charge in [0.25, 0.3) is 0 Å². The van der Waals surface area contributed by atoms with Crippen molar-refractivity contribution in [1.29, 1.82) is 0 Å². The zero-order valence-electron chi connectivity index (χ0n) is 31.6. The van der Waals surface area contributed by atoms with Gasteiger partial charge in [-0.15, -0.1) is 23.5 Å². The molecule has 6 rings (SSSR count). The number of thioether (sulfide) groups is 2. The van der Waals surface area contributed by atoms with E-state index in [1.807, 2.05) is 70.5 Å². The summed E-state index contributed by atoms with van der Waals surface area (Å²) in [6, 6.07) is 14.5. The first-order valence-electron chi connectivity index (χ1n) is 16.6. The van der Waals surface area contributed by atoms with Crippen molar-refractivity contribution in [3.8, 4) is 0 Å². The van der Waals surface area contributed by atoms with Crippen molar-refractivity contribution < 1.29 is 9.59 Å². The Kier molecular flexibility index (Phi) is 15.4. The van der Waals surface area contributed by atoms with Gasteiger partial charge in [-0.1, -0.05) is 11.6 Å². The predicted molar refractivity (Wildman–Crippen MR) is 223 cm³/mol. The molecular formula is C38H41ClN12O2S2. The van der Waals surface area contributed by atoms with Crippen LogP contribution in [0.5, 0.6) is 0 Å². The molecule has 17 heteroatoms. The number of ketones is 2. The number of hydrogen-bond acceptors (Lipinski definition) is 16. The zero-order valence-corrected chi connectivity index (χ0v) is 34.0. The van der Waals surface area contributed by atoms with Crippen molar-refractivity contribution in [3.05, 3.63) is 113 Å². The van der Waals surface area contributed by atoms with E-state index in [9.17, 15) is 9.59 Å². The first-order valence-corrected chi connectivity index (χ1v) is 19.5. The lowest BCUT2D eigenvalue weighted by atomic mass is 10.1. The van der Waals surface area contributed by atoms with Gasteiger partial charge in [0.1, 0.15) is 44.3 Å². The molecule has 0 fully saturated rings. The number of hydrogen-bond donors (Lipinski definition) is 4. The maximum absolute atomic E-state index is 12.0. The molecule has 6 heterocycles. The number of aromatic nitrogens is 8. The van der Waals surface area contributed by atoms with Gasteiger partial charge in [0.15, 0.2) is 11.6 Å². The van der Waals surface area contributed by atoms with Crippen molar-refractivity contribution >= 4 is 86.9 Å². The van der Waals surface area contributed by atoms with Crippen molar-refractivity contribution in [1.82, 2.24) is 39.9 Å². The van der Waals surface area contributed by atoms with Crippen LogP contribution in [0.25, 0.3) is 0 Å². The molecule has 0 unspecified atom stereocenters. The van der Waals surface area contributed by atoms with E-state index < -0.39 is 0 Å². The van der Waals surface area contributed by atoms with E-state index >= 15 is 0 Å². The van der Waals surface area contributed by atoms with Crippen LogP contribution >= 0.6 is 35.1 Å². The second kappa shape index (κ2) is 20.1. The minimum absolute atomic E-state index is 0.0665. The van der Waals surface area contributed by atoms with Crippen molar-refractivity contribution in [2.45, 2.75) is 51.6 Å². The van der Waals surface area contributed by atoms with Crippen LogP contribution in [0, 0.1) is 27.7 Å². The fourth-order valence-corrected chi connectivity index (χ4v) is 5.82. The molecule has 284 valence electrons. The van der Waals surface area contributed by atoms with Crippen molar-refractivity contribution in [2.75, 3.05) is 34.2 Å². The fourth-order valence-electron chi connectivity index (χ4n) is 4.75. The van der Waals surface area contributed by atoms with E-state index in [0.717, 1.165) is 38.6 Å². The van der Waals surface area contributed by atoms with Gasteiger partial charge in [-0.05, 0) is 84.4 Å². The summed E-state index contributed by atoms with van der Waals surface area (Å²) in [6.07, 6.45) is 10.4. The zero-order chi connectivity index (χ0) is 40.1. The number of nitrogen functional groups attached to an aromatic ring is 1. The maximum Gasteiger partial charge on any atom is 0.163 e. The van der Waals surface area contributed by atoms with Gasteiger partial charge in [0, 0.05) is 43.0 Å². The van der Waals surface area contributed by atoms with Gasteiger partial charge in [-0.2, -0.15) is 0 Å². The van der Waals surface area contributed by atoms with Gasteiger partial charge in [-0.3, -0.25) is 19.6 Å². The van der Waals surface area contributed by atoms with Gasteiger partial charge < -0.3 is 21.7 Å². The van der Waals surface area contributed by atoms with Crippen LogP contribution < -0.4 is 21.7 Å². The summed E-state index contributed by atoms with van der Waals surface area (Å²) in [5.41, 5.74) is 11.1. The van der Waals surface area contributed by atoms with Crippen LogP contribution in [0.2, 0.25) is 5.15 Å². The van der Waals surface area contributed by atoms with Crippen LogP contribution in [0.4, 0.5) is 40.2 Å². The number of pyridine rings is 4. The molecule has 0 atom stereocenters. The average Bonchev–Trinajstić information content (AvgIpc) is 3.13. The summed E-state index contributed by atoms with van der Waals surface area (Å²) in [5.74, 6) is 3.03. The van der Waals surface area contributed by atoms with Crippen LogP contribution in [0.15, 0.2) is 83.4 Å². The molecule has 0 radical (unpaired) electrons. The summed E-state index contributed by atoms with van der Waals surface area (Å²) in [4.78, 5) is 57.0. The molecule has 0 aliphatic rings. The van der Waals surface area contributed by atoms with Gasteiger partial charge in [-0.25, -0.2) is 29.9 Å². The van der Waals surface area contributed by atoms with E-state index in [1.54, 1.807) is 60.3 Å². The molecule has 0 amide bonds. The summed E-state index contributed by atoms with van der Waals surface area (Å²) in [5, 5.41) is 11.7. The Bertz CT molecular complexity index is 2270. The Balaban J connectivity index is 0.000000205. The molecule has 0 aromatic carbocycles. The van der Waals surface area contributed by atoms with Crippen LogP contribution in [-0.4, -0.2) is 63.9 Å². The molecule has 14 nitrogen and oxygen atoms in total. The van der Waals surface area contributed by atoms with Crippen molar-refractivity contribution in [3.63, 3.8) is 0 Å². The Labute approximate surface area is 333 Å². The number of halogens is 1. The number of aryl methyl sites for hydroxylation is 4. The van der Waals surface area contributed by atoms with Crippen LogP contribution in [0.3, 0.4) is 0 Å². The number of carbonyl (C=O) groups excluding carboxylic acids is 2. The fraction of sp³-hybridized carbons (Fsp3) is 0.211. The molecule has 6 aromatic rings. The van der Waals surface area contributed by atoms with Gasteiger partial charge in [0.2, 0.25) is 0 Å². The number of carbonyl (C=O) groups is 2. The first-order chi connectivity index (χ1) is 26.3. The summed E-state index contributed by atoms with van der Waals surface area (Å²) in [7, 11) is 0. The molecule has 0 saturated carbocycles. The SMILES string of the molecule is CC(=O)c1cnc(Cl)cc1Nc1cccnc1C.CSc1cc(N)nc(C)n1.CSc1cc(Nc2cc(Nc3cccnc3C)c(C(C)=O)cn2)nc(C)n1. The normalized spacial score (nSPS) is 10.3. The molecular weight excluding hydrogens is 756 g/mol. The van der Waals surface area contributed by atoms with Crippen LogP contribution in [-0.2, 0) is 0 Å². The molecule has 5 N–H and O–H groups in total. The van der Waals surface area contributed by atoms with Gasteiger partial charge in [0.05, 0.1) is 45.3 Å². The molecule has 0 bridgehead atoms. The second-order valence-corrected chi connectivity index (χ2v) is 13.7. The quantitative estimate of drug-likeness (QED) is 0.0443. The highest BCUT2D eigenvalue weighted by Crippen LogP contribution is 2.27. The third-order valence-electron chi connectivity index (χ3n) is 7.41. The molecule has 55 heavy (non-hydrogen) atoms. The molecule has 0 saturated heterocycles. The number of Topliss-reactive ketones (excluding diaryl/α,β-unsaturated/α-hetero) is 2. The third kappa shape index (κ3) is 12.7. The van der Waals surface area contributed by atoms with E-state index in [0.29, 0.717) is 50.9 Å². The van der Waals surface area contributed by atoms with E-state index in [-0.39, 0.29) is 11.6 Å². The number of nitrogens with one attached hydrogen (secondary N) is 3. The van der Waals surface area contributed by atoms with E-state index in [4.69, 9.17) is 17.3 Å².